The van der Waals surface area contributed by atoms with Gasteiger partial charge < -0.3 is 4.74 Å². The van der Waals surface area contributed by atoms with Crippen LogP contribution in [0.5, 0.6) is 5.75 Å². The molecule has 0 saturated heterocycles. The van der Waals surface area contributed by atoms with Gasteiger partial charge in [-0.25, -0.2) is 0 Å². The summed E-state index contributed by atoms with van der Waals surface area (Å²) < 4.78 is 5.74. The molecule has 0 spiro atoms. The summed E-state index contributed by atoms with van der Waals surface area (Å²) >= 11 is 0. The van der Waals surface area contributed by atoms with Crippen molar-refractivity contribution in [1.29, 1.82) is 5.26 Å². The SMILES string of the molecule is CC(C)C1CCC(C#N)(CCCOc2ccccc2)CC1. The highest BCUT2D eigenvalue weighted by molar-refractivity contribution is 5.20. The number of ether oxygens (including phenoxy) is 1. The van der Waals surface area contributed by atoms with E-state index in [0.717, 1.165) is 43.3 Å². The van der Waals surface area contributed by atoms with E-state index in [9.17, 15) is 5.26 Å². The highest BCUT2D eigenvalue weighted by Crippen LogP contribution is 2.43. The summed E-state index contributed by atoms with van der Waals surface area (Å²) in [4.78, 5) is 0. The molecule has 0 N–H and O–H groups in total. The third-order valence-corrected chi connectivity index (χ3v) is 4.98. The Morgan fingerprint density at radius 3 is 2.48 bits per heavy atom. The third-order valence-electron chi connectivity index (χ3n) is 4.98. The fourth-order valence-electron chi connectivity index (χ4n) is 3.39. The maximum atomic E-state index is 9.59. The van der Waals surface area contributed by atoms with Crippen LogP contribution in [0.4, 0.5) is 0 Å². The monoisotopic (exact) mass is 285 g/mol. The van der Waals surface area contributed by atoms with Crippen molar-refractivity contribution in [2.75, 3.05) is 6.61 Å². The van der Waals surface area contributed by atoms with E-state index < -0.39 is 0 Å². The molecule has 0 radical (unpaired) electrons. The zero-order valence-electron chi connectivity index (χ0n) is 13.3. The Hall–Kier alpha value is -1.49. The Morgan fingerprint density at radius 2 is 1.90 bits per heavy atom. The smallest absolute Gasteiger partial charge is 0.119 e. The van der Waals surface area contributed by atoms with E-state index in [-0.39, 0.29) is 5.41 Å². The van der Waals surface area contributed by atoms with Gasteiger partial charge in [0.2, 0.25) is 0 Å². The predicted molar refractivity (Wildman–Crippen MR) is 86.0 cm³/mol. The van der Waals surface area contributed by atoms with Gasteiger partial charge >= 0.3 is 0 Å². The van der Waals surface area contributed by atoms with Crippen LogP contribution in [-0.4, -0.2) is 6.61 Å². The number of hydrogen-bond acceptors (Lipinski definition) is 2. The summed E-state index contributed by atoms with van der Waals surface area (Å²) in [5, 5.41) is 9.59. The molecular formula is C19H27NO. The molecule has 1 aliphatic carbocycles. The second-order valence-corrected chi connectivity index (χ2v) is 6.74. The van der Waals surface area contributed by atoms with E-state index in [0.29, 0.717) is 6.61 Å². The lowest BCUT2D eigenvalue weighted by molar-refractivity contribution is 0.155. The van der Waals surface area contributed by atoms with Gasteiger partial charge in [0.05, 0.1) is 18.1 Å². The molecular weight excluding hydrogens is 258 g/mol. The van der Waals surface area contributed by atoms with E-state index >= 15 is 0 Å². The van der Waals surface area contributed by atoms with E-state index in [4.69, 9.17) is 4.74 Å². The van der Waals surface area contributed by atoms with E-state index in [2.05, 4.69) is 19.9 Å². The van der Waals surface area contributed by atoms with Crippen LogP contribution in [0, 0.1) is 28.6 Å². The summed E-state index contributed by atoms with van der Waals surface area (Å²) in [7, 11) is 0. The fraction of sp³-hybridized carbons (Fsp3) is 0.632. The van der Waals surface area contributed by atoms with Crippen molar-refractivity contribution in [3.63, 3.8) is 0 Å². The zero-order chi connectivity index (χ0) is 15.1. The lowest BCUT2D eigenvalue weighted by Crippen LogP contribution is -2.28. The number of rotatable bonds is 6. The quantitative estimate of drug-likeness (QED) is 0.673. The summed E-state index contributed by atoms with van der Waals surface area (Å²) in [6.07, 6.45) is 6.50. The predicted octanol–water partition coefficient (Wildman–Crippen LogP) is 5.20. The van der Waals surface area contributed by atoms with Crippen molar-refractivity contribution >= 4 is 0 Å². The molecule has 21 heavy (non-hydrogen) atoms. The Balaban J connectivity index is 1.75. The molecule has 1 fully saturated rings. The molecule has 0 aromatic heterocycles. The molecule has 0 atom stereocenters. The lowest BCUT2D eigenvalue weighted by atomic mass is 9.67. The van der Waals surface area contributed by atoms with Gasteiger partial charge in [-0.15, -0.1) is 0 Å². The van der Waals surface area contributed by atoms with Crippen LogP contribution in [0.1, 0.15) is 52.4 Å². The molecule has 0 aliphatic heterocycles. The Kier molecular flexibility index (Phi) is 5.67. The van der Waals surface area contributed by atoms with Crippen LogP contribution in [0.3, 0.4) is 0 Å². The molecule has 0 bridgehead atoms. The van der Waals surface area contributed by atoms with Crippen molar-refractivity contribution < 1.29 is 4.74 Å². The minimum absolute atomic E-state index is 0.0918. The first-order chi connectivity index (χ1) is 10.2. The summed E-state index contributed by atoms with van der Waals surface area (Å²) in [6, 6.07) is 12.5. The summed E-state index contributed by atoms with van der Waals surface area (Å²) in [6.45, 7) is 5.32. The highest BCUT2D eigenvalue weighted by atomic mass is 16.5. The van der Waals surface area contributed by atoms with Crippen molar-refractivity contribution in [1.82, 2.24) is 0 Å². The summed E-state index contributed by atoms with van der Waals surface area (Å²) in [5.74, 6) is 2.49. The largest absolute Gasteiger partial charge is 0.494 e. The van der Waals surface area contributed by atoms with E-state index in [1.807, 2.05) is 30.3 Å². The molecule has 1 aromatic rings. The third kappa shape index (κ3) is 4.49. The highest BCUT2D eigenvalue weighted by Gasteiger charge is 2.35. The molecule has 1 saturated carbocycles. The lowest BCUT2D eigenvalue weighted by Gasteiger charge is -2.36. The Morgan fingerprint density at radius 1 is 1.24 bits per heavy atom. The average Bonchev–Trinajstić information content (AvgIpc) is 2.53. The number of para-hydroxylation sites is 1. The van der Waals surface area contributed by atoms with Gasteiger partial charge in [0, 0.05) is 0 Å². The van der Waals surface area contributed by atoms with E-state index in [1.54, 1.807) is 0 Å². The van der Waals surface area contributed by atoms with Crippen LogP contribution < -0.4 is 4.74 Å². The van der Waals surface area contributed by atoms with Crippen LogP contribution in [0.2, 0.25) is 0 Å². The van der Waals surface area contributed by atoms with Crippen molar-refractivity contribution in [3.05, 3.63) is 30.3 Å². The topological polar surface area (TPSA) is 33.0 Å². The molecule has 2 nitrogen and oxygen atoms in total. The van der Waals surface area contributed by atoms with Gasteiger partial charge in [-0.05, 0) is 62.5 Å². The minimum atomic E-state index is -0.0918. The molecule has 2 heteroatoms. The molecule has 0 amide bonds. The van der Waals surface area contributed by atoms with E-state index in [1.165, 1.54) is 12.8 Å². The second kappa shape index (κ2) is 7.50. The number of benzene rings is 1. The minimum Gasteiger partial charge on any atom is -0.494 e. The standard InChI is InChI=1S/C19H27NO/c1-16(2)17-9-12-19(15-20,13-10-17)11-6-14-21-18-7-4-3-5-8-18/h3-5,7-8,16-17H,6,9-14H2,1-2H3. The maximum Gasteiger partial charge on any atom is 0.119 e. The van der Waals surface area contributed by atoms with Crippen LogP contribution >= 0.6 is 0 Å². The maximum absolute atomic E-state index is 9.59. The van der Waals surface area contributed by atoms with Gasteiger partial charge in [0.15, 0.2) is 0 Å². The van der Waals surface area contributed by atoms with Gasteiger partial charge in [0.25, 0.3) is 0 Å². The first-order valence-electron chi connectivity index (χ1n) is 8.24. The zero-order valence-corrected chi connectivity index (χ0v) is 13.3. The summed E-state index contributed by atoms with van der Waals surface area (Å²) in [5.41, 5.74) is -0.0918. The molecule has 114 valence electrons. The molecule has 0 heterocycles. The van der Waals surface area contributed by atoms with Gasteiger partial charge in [-0.1, -0.05) is 32.0 Å². The van der Waals surface area contributed by atoms with Crippen molar-refractivity contribution in [2.45, 2.75) is 52.4 Å². The normalized spacial score (nSPS) is 25.5. The van der Waals surface area contributed by atoms with Crippen molar-refractivity contribution in [3.8, 4) is 11.8 Å². The Bertz CT molecular complexity index is 452. The molecule has 0 unspecified atom stereocenters. The van der Waals surface area contributed by atoms with Gasteiger partial charge in [-0.3, -0.25) is 0 Å². The number of hydrogen-bond donors (Lipinski definition) is 0. The van der Waals surface area contributed by atoms with Gasteiger partial charge in [-0.2, -0.15) is 5.26 Å². The first kappa shape index (κ1) is 15.9. The first-order valence-corrected chi connectivity index (χ1v) is 8.24. The fourth-order valence-corrected chi connectivity index (χ4v) is 3.39. The second-order valence-electron chi connectivity index (χ2n) is 6.74. The van der Waals surface area contributed by atoms with Gasteiger partial charge in [0.1, 0.15) is 5.75 Å². The molecule has 2 rings (SSSR count). The average molecular weight is 285 g/mol. The van der Waals surface area contributed by atoms with Crippen molar-refractivity contribution in [2.24, 2.45) is 17.3 Å². The molecule has 1 aliphatic rings. The van der Waals surface area contributed by atoms with Crippen LogP contribution in [0.25, 0.3) is 0 Å². The number of nitriles is 1. The number of nitrogens with zero attached hydrogens (tertiary/aromatic N) is 1. The molecule has 1 aromatic carbocycles. The van der Waals surface area contributed by atoms with Crippen LogP contribution in [0.15, 0.2) is 30.3 Å². The Labute approximate surface area is 129 Å². The van der Waals surface area contributed by atoms with Crippen LogP contribution in [-0.2, 0) is 0 Å².